The summed E-state index contributed by atoms with van der Waals surface area (Å²) in [6.45, 7) is 0.542. The Morgan fingerprint density at radius 1 is 1.14 bits per heavy atom. The zero-order valence-electron chi connectivity index (χ0n) is 11.1. The second-order valence-corrected chi connectivity index (χ2v) is 4.24. The van der Waals surface area contributed by atoms with E-state index in [0.717, 1.165) is 0 Å². The zero-order chi connectivity index (χ0) is 15.1. The Balaban J connectivity index is 1.81. The third-order valence-corrected chi connectivity index (χ3v) is 2.70. The summed E-state index contributed by atoms with van der Waals surface area (Å²) in [5, 5.41) is 14.2. The average Bonchev–Trinajstić information content (AvgIpc) is 2.52. The number of nitrogens with zero attached hydrogens (tertiary/aromatic N) is 2. The van der Waals surface area contributed by atoms with E-state index in [1.807, 2.05) is 0 Å². The fourth-order valence-electron chi connectivity index (χ4n) is 1.65. The number of aromatic nitrogens is 2. The van der Waals surface area contributed by atoms with Gasteiger partial charge >= 0.3 is 12.0 Å². The van der Waals surface area contributed by atoms with Gasteiger partial charge in [-0.25, -0.2) is 19.6 Å². The molecule has 0 aliphatic rings. The lowest BCUT2D eigenvalue weighted by Crippen LogP contribution is -2.34. The molecule has 1 aromatic carbocycles. The predicted octanol–water partition coefficient (Wildman–Crippen LogP) is 1.17. The maximum absolute atomic E-state index is 11.6. The molecule has 1 aromatic heterocycles. The summed E-state index contributed by atoms with van der Waals surface area (Å²) < 4.78 is 0. The standard InChI is InChI=1S/C14H14N4O3/c19-13(20)11-3-1-2-10(6-11)7-16-14(21)17-8-12-4-5-15-9-18-12/h1-6,9H,7-8H2,(H,19,20)(H2,16,17,21). The van der Waals surface area contributed by atoms with Crippen LogP contribution in [-0.4, -0.2) is 27.1 Å². The molecular formula is C14H14N4O3. The summed E-state index contributed by atoms with van der Waals surface area (Å²) in [5.74, 6) is -0.995. The number of hydrogen-bond donors (Lipinski definition) is 3. The maximum atomic E-state index is 11.6. The molecular weight excluding hydrogens is 272 g/mol. The summed E-state index contributed by atoms with van der Waals surface area (Å²) in [6.07, 6.45) is 3.01. The van der Waals surface area contributed by atoms with Gasteiger partial charge in [0, 0.05) is 12.7 Å². The van der Waals surface area contributed by atoms with Crippen LogP contribution in [0.15, 0.2) is 42.9 Å². The number of carboxylic acids is 1. The molecule has 0 saturated carbocycles. The Morgan fingerprint density at radius 3 is 2.67 bits per heavy atom. The number of hydrogen-bond acceptors (Lipinski definition) is 4. The summed E-state index contributed by atoms with van der Waals surface area (Å²) >= 11 is 0. The molecule has 2 amide bonds. The van der Waals surface area contributed by atoms with Crippen LogP contribution in [0.25, 0.3) is 0 Å². The number of urea groups is 1. The van der Waals surface area contributed by atoms with E-state index in [2.05, 4.69) is 20.6 Å². The first-order valence-electron chi connectivity index (χ1n) is 6.24. The summed E-state index contributed by atoms with van der Waals surface area (Å²) in [7, 11) is 0. The first-order chi connectivity index (χ1) is 10.1. The number of benzene rings is 1. The molecule has 0 aliphatic heterocycles. The van der Waals surface area contributed by atoms with Gasteiger partial charge in [0.15, 0.2) is 0 Å². The average molecular weight is 286 g/mol. The van der Waals surface area contributed by atoms with E-state index in [4.69, 9.17) is 5.11 Å². The van der Waals surface area contributed by atoms with Gasteiger partial charge in [-0.15, -0.1) is 0 Å². The molecule has 0 spiro atoms. The van der Waals surface area contributed by atoms with E-state index < -0.39 is 5.97 Å². The van der Waals surface area contributed by atoms with E-state index in [-0.39, 0.29) is 18.1 Å². The Kier molecular flexibility index (Phi) is 4.81. The number of carboxylic acid groups (broad SMARTS) is 1. The number of nitrogens with one attached hydrogen (secondary N) is 2. The van der Waals surface area contributed by atoms with Crippen molar-refractivity contribution in [2.24, 2.45) is 0 Å². The Bertz CT molecular complexity index is 631. The predicted molar refractivity (Wildman–Crippen MR) is 74.5 cm³/mol. The maximum Gasteiger partial charge on any atom is 0.335 e. The van der Waals surface area contributed by atoms with Crippen LogP contribution in [0, 0.1) is 0 Å². The highest BCUT2D eigenvalue weighted by molar-refractivity contribution is 5.87. The van der Waals surface area contributed by atoms with Crippen LogP contribution >= 0.6 is 0 Å². The van der Waals surface area contributed by atoms with Crippen molar-refractivity contribution in [2.75, 3.05) is 0 Å². The highest BCUT2D eigenvalue weighted by Crippen LogP contribution is 2.04. The van der Waals surface area contributed by atoms with E-state index in [1.54, 1.807) is 24.4 Å². The summed E-state index contributed by atoms with van der Waals surface area (Å²) in [4.78, 5) is 30.2. The van der Waals surface area contributed by atoms with Crippen LogP contribution in [0.5, 0.6) is 0 Å². The molecule has 2 rings (SSSR count). The van der Waals surface area contributed by atoms with Crippen molar-refractivity contribution in [3.8, 4) is 0 Å². The van der Waals surface area contributed by atoms with Gasteiger partial charge < -0.3 is 15.7 Å². The Hall–Kier alpha value is -2.96. The van der Waals surface area contributed by atoms with Crippen LogP contribution in [0.2, 0.25) is 0 Å². The van der Waals surface area contributed by atoms with Crippen LogP contribution in [-0.2, 0) is 13.1 Å². The molecule has 0 radical (unpaired) electrons. The monoisotopic (exact) mass is 286 g/mol. The van der Waals surface area contributed by atoms with Crippen LogP contribution < -0.4 is 10.6 Å². The van der Waals surface area contributed by atoms with Gasteiger partial charge in [0.1, 0.15) is 6.33 Å². The van der Waals surface area contributed by atoms with Gasteiger partial charge in [0.2, 0.25) is 0 Å². The molecule has 7 nitrogen and oxygen atoms in total. The molecule has 0 unspecified atom stereocenters. The van der Waals surface area contributed by atoms with Crippen molar-refractivity contribution in [2.45, 2.75) is 13.1 Å². The van der Waals surface area contributed by atoms with Gasteiger partial charge in [0.25, 0.3) is 0 Å². The molecule has 0 aliphatic carbocycles. The quantitative estimate of drug-likeness (QED) is 0.765. The Morgan fingerprint density at radius 2 is 1.95 bits per heavy atom. The van der Waals surface area contributed by atoms with Gasteiger partial charge in [-0.05, 0) is 23.8 Å². The van der Waals surface area contributed by atoms with Crippen LogP contribution in [0.3, 0.4) is 0 Å². The lowest BCUT2D eigenvalue weighted by atomic mass is 10.1. The lowest BCUT2D eigenvalue weighted by Gasteiger charge is -2.07. The normalized spacial score (nSPS) is 9.90. The minimum absolute atomic E-state index is 0.190. The molecule has 0 saturated heterocycles. The lowest BCUT2D eigenvalue weighted by molar-refractivity contribution is 0.0696. The zero-order valence-corrected chi connectivity index (χ0v) is 11.1. The molecule has 21 heavy (non-hydrogen) atoms. The van der Waals surface area contributed by atoms with Crippen molar-refractivity contribution in [3.63, 3.8) is 0 Å². The van der Waals surface area contributed by atoms with Gasteiger partial charge in [-0.2, -0.15) is 0 Å². The summed E-state index contributed by atoms with van der Waals surface area (Å²) in [5.41, 5.74) is 1.61. The van der Waals surface area contributed by atoms with E-state index in [0.29, 0.717) is 17.8 Å². The number of aromatic carboxylic acids is 1. The van der Waals surface area contributed by atoms with Crippen molar-refractivity contribution < 1.29 is 14.7 Å². The van der Waals surface area contributed by atoms with Crippen LogP contribution in [0.4, 0.5) is 4.79 Å². The first kappa shape index (κ1) is 14.4. The molecule has 1 heterocycles. The Labute approximate surface area is 121 Å². The fourth-order valence-corrected chi connectivity index (χ4v) is 1.65. The number of carbonyl (C=O) groups excluding carboxylic acids is 1. The second kappa shape index (κ2) is 6.99. The fraction of sp³-hybridized carbons (Fsp3) is 0.143. The third kappa shape index (κ3) is 4.57. The first-order valence-corrected chi connectivity index (χ1v) is 6.24. The summed E-state index contributed by atoms with van der Waals surface area (Å²) in [6, 6.07) is 7.76. The number of amides is 2. The molecule has 108 valence electrons. The third-order valence-electron chi connectivity index (χ3n) is 2.70. The highest BCUT2D eigenvalue weighted by atomic mass is 16.4. The van der Waals surface area contributed by atoms with Crippen LogP contribution in [0.1, 0.15) is 21.6 Å². The van der Waals surface area contributed by atoms with Crippen molar-refractivity contribution >= 4 is 12.0 Å². The van der Waals surface area contributed by atoms with E-state index in [9.17, 15) is 9.59 Å². The molecule has 2 aromatic rings. The second-order valence-electron chi connectivity index (χ2n) is 4.24. The van der Waals surface area contributed by atoms with E-state index in [1.165, 1.54) is 18.5 Å². The topological polar surface area (TPSA) is 104 Å². The van der Waals surface area contributed by atoms with Gasteiger partial charge in [0.05, 0.1) is 17.8 Å². The largest absolute Gasteiger partial charge is 0.478 e. The minimum atomic E-state index is -0.995. The smallest absolute Gasteiger partial charge is 0.335 e. The molecule has 0 bridgehead atoms. The molecule has 3 N–H and O–H groups in total. The SMILES string of the molecule is O=C(NCc1cccc(C(=O)O)c1)NCc1ccncn1. The highest BCUT2D eigenvalue weighted by Gasteiger charge is 2.05. The van der Waals surface area contributed by atoms with Crippen molar-refractivity contribution in [1.82, 2.24) is 20.6 Å². The number of rotatable bonds is 5. The van der Waals surface area contributed by atoms with E-state index >= 15 is 0 Å². The van der Waals surface area contributed by atoms with Crippen molar-refractivity contribution in [3.05, 3.63) is 59.7 Å². The number of carbonyl (C=O) groups is 2. The molecule has 7 heteroatoms. The molecule has 0 fully saturated rings. The van der Waals surface area contributed by atoms with Crippen molar-refractivity contribution in [1.29, 1.82) is 0 Å². The van der Waals surface area contributed by atoms with Gasteiger partial charge in [-0.1, -0.05) is 12.1 Å². The molecule has 0 atom stereocenters. The minimum Gasteiger partial charge on any atom is -0.478 e. The van der Waals surface area contributed by atoms with Gasteiger partial charge in [-0.3, -0.25) is 0 Å².